The Morgan fingerprint density at radius 3 is 2.47 bits per heavy atom. The fraction of sp³-hybridized carbons (Fsp3) is 0.438. The highest BCUT2D eigenvalue weighted by Crippen LogP contribution is 2.32. The fourth-order valence-electron chi connectivity index (χ4n) is 1.98. The Morgan fingerprint density at radius 2 is 1.95 bits per heavy atom. The molecule has 3 nitrogen and oxygen atoms in total. The van der Waals surface area contributed by atoms with Gasteiger partial charge >= 0.3 is 0 Å². The van der Waals surface area contributed by atoms with Gasteiger partial charge in [0.2, 0.25) is 5.91 Å². The third-order valence-electron chi connectivity index (χ3n) is 2.85. The van der Waals surface area contributed by atoms with Crippen molar-refractivity contribution in [3.63, 3.8) is 0 Å². The second-order valence-corrected chi connectivity index (χ2v) is 5.57. The zero-order valence-corrected chi connectivity index (χ0v) is 11.9. The molecule has 1 rings (SSSR count). The van der Waals surface area contributed by atoms with Crippen molar-refractivity contribution in [2.75, 3.05) is 13.1 Å². The lowest BCUT2D eigenvalue weighted by atomic mass is 9.82. The standard InChI is InChI=1S/C16H22N2O/c1-5-11-17-14(19)12-18-15(16(2,3)4)13-9-7-6-8-10-13/h1,6-10,15,18H,11-12H2,2-4H3,(H,17,19)/t15-/m0/s1. The van der Waals surface area contributed by atoms with Crippen LogP contribution in [0.2, 0.25) is 0 Å². The van der Waals surface area contributed by atoms with E-state index in [1.54, 1.807) is 0 Å². The van der Waals surface area contributed by atoms with Crippen molar-refractivity contribution in [3.05, 3.63) is 35.9 Å². The minimum absolute atomic E-state index is 0.0216. The highest BCUT2D eigenvalue weighted by Gasteiger charge is 2.26. The molecule has 19 heavy (non-hydrogen) atoms. The lowest BCUT2D eigenvalue weighted by molar-refractivity contribution is -0.120. The molecule has 0 bridgehead atoms. The zero-order chi connectivity index (χ0) is 14.3. The first-order valence-electron chi connectivity index (χ1n) is 6.43. The number of amides is 1. The van der Waals surface area contributed by atoms with Crippen LogP contribution in [-0.2, 0) is 4.79 Å². The third-order valence-corrected chi connectivity index (χ3v) is 2.85. The number of benzene rings is 1. The van der Waals surface area contributed by atoms with Crippen LogP contribution in [-0.4, -0.2) is 19.0 Å². The minimum atomic E-state index is -0.0804. The molecular formula is C16H22N2O. The van der Waals surface area contributed by atoms with E-state index in [2.05, 4.69) is 49.5 Å². The Labute approximate surface area is 115 Å². The zero-order valence-electron chi connectivity index (χ0n) is 11.9. The number of carbonyl (C=O) groups is 1. The predicted octanol–water partition coefficient (Wildman–Crippen LogP) is 2.11. The quantitative estimate of drug-likeness (QED) is 0.794. The molecule has 0 saturated carbocycles. The van der Waals surface area contributed by atoms with Gasteiger partial charge in [0, 0.05) is 6.04 Å². The van der Waals surface area contributed by atoms with Crippen LogP contribution in [0.25, 0.3) is 0 Å². The molecule has 0 radical (unpaired) electrons. The summed E-state index contributed by atoms with van der Waals surface area (Å²) in [6.07, 6.45) is 5.11. The molecule has 0 unspecified atom stereocenters. The van der Waals surface area contributed by atoms with Crippen LogP contribution in [0.3, 0.4) is 0 Å². The van der Waals surface area contributed by atoms with Crippen molar-refractivity contribution in [3.8, 4) is 12.3 Å². The van der Waals surface area contributed by atoms with E-state index in [0.717, 1.165) is 0 Å². The normalized spacial score (nSPS) is 12.5. The van der Waals surface area contributed by atoms with Crippen molar-refractivity contribution >= 4 is 5.91 Å². The Balaban J connectivity index is 2.68. The molecule has 0 saturated heterocycles. The van der Waals surface area contributed by atoms with Gasteiger partial charge in [0.1, 0.15) is 0 Å². The Hall–Kier alpha value is -1.79. The summed E-state index contributed by atoms with van der Waals surface area (Å²) in [5.41, 5.74) is 1.20. The van der Waals surface area contributed by atoms with Crippen LogP contribution in [0.1, 0.15) is 32.4 Å². The predicted molar refractivity (Wildman–Crippen MR) is 78.5 cm³/mol. The molecule has 2 N–H and O–H groups in total. The molecule has 0 aromatic heterocycles. The molecule has 0 spiro atoms. The lowest BCUT2D eigenvalue weighted by Gasteiger charge is -2.32. The van der Waals surface area contributed by atoms with Crippen LogP contribution in [0.4, 0.5) is 0 Å². The average molecular weight is 258 g/mol. The van der Waals surface area contributed by atoms with Crippen molar-refractivity contribution < 1.29 is 4.79 Å². The van der Waals surface area contributed by atoms with Gasteiger partial charge in [-0.05, 0) is 11.0 Å². The fourth-order valence-corrected chi connectivity index (χ4v) is 1.98. The molecule has 0 aliphatic heterocycles. The molecule has 102 valence electrons. The van der Waals surface area contributed by atoms with E-state index in [1.165, 1.54) is 5.56 Å². The average Bonchev–Trinajstić information content (AvgIpc) is 2.36. The molecule has 0 fully saturated rings. The van der Waals surface area contributed by atoms with E-state index >= 15 is 0 Å². The summed E-state index contributed by atoms with van der Waals surface area (Å²) in [5, 5.41) is 5.96. The summed E-state index contributed by atoms with van der Waals surface area (Å²) in [4.78, 5) is 11.6. The van der Waals surface area contributed by atoms with Gasteiger partial charge in [-0.2, -0.15) is 0 Å². The minimum Gasteiger partial charge on any atom is -0.344 e. The molecule has 0 aliphatic carbocycles. The monoisotopic (exact) mass is 258 g/mol. The second kappa shape index (κ2) is 6.96. The Bertz CT molecular complexity index is 440. The van der Waals surface area contributed by atoms with E-state index in [0.29, 0.717) is 0 Å². The topological polar surface area (TPSA) is 41.1 Å². The van der Waals surface area contributed by atoms with Gasteiger partial charge in [-0.3, -0.25) is 4.79 Å². The van der Waals surface area contributed by atoms with Crippen LogP contribution in [0.15, 0.2) is 30.3 Å². The first-order chi connectivity index (χ1) is 8.95. The van der Waals surface area contributed by atoms with E-state index in [9.17, 15) is 4.79 Å². The Morgan fingerprint density at radius 1 is 1.32 bits per heavy atom. The van der Waals surface area contributed by atoms with Crippen molar-refractivity contribution in [2.45, 2.75) is 26.8 Å². The maximum absolute atomic E-state index is 11.6. The summed E-state index contributed by atoms with van der Waals surface area (Å²) < 4.78 is 0. The smallest absolute Gasteiger partial charge is 0.234 e. The molecule has 0 aliphatic rings. The van der Waals surface area contributed by atoms with Crippen molar-refractivity contribution in [2.24, 2.45) is 5.41 Å². The largest absolute Gasteiger partial charge is 0.344 e. The van der Waals surface area contributed by atoms with Gasteiger partial charge < -0.3 is 10.6 Å². The van der Waals surface area contributed by atoms with Gasteiger partial charge in [0.25, 0.3) is 0 Å². The maximum Gasteiger partial charge on any atom is 0.234 e. The first-order valence-corrected chi connectivity index (χ1v) is 6.43. The first kappa shape index (κ1) is 15.3. The number of terminal acetylenes is 1. The van der Waals surface area contributed by atoms with Crippen molar-refractivity contribution in [1.82, 2.24) is 10.6 Å². The van der Waals surface area contributed by atoms with Crippen LogP contribution >= 0.6 is 0 Å². The van der Waals surface area contributed by atoms with Gasteiger partial charge in [-0.15, -0.1) is 6.42 Å². The summed E-state index contributed by atoms with van der Waals surface area (Å²) in [6.45, 7) is 6.98. The summed E-state index contributed by atoms with van der Waals surface area (Å²) in [5.74, 6) is 2.31. The number of rotatable bonds is 5. The highest BCUT2D eigenvalue weighted by molar-refractivity contribution is 5.78. The molecule has 1 atom stereocenters. The van der Waals surface area contributed by atoms with Crippen LogP contribution in [0, 0.1) is 17.8 Å². The highest BCUT2D eigenvalue weighted by atomic mass is 16.1. The van der Waals surface area contributed by atoms with E-state index in [4.69, 9.17) is 6.42 Å². The summed E-state index contributed by atoms with van der Waals surface area (Å²) in [6, 6.07) is 10.3. The lowest BCUT2D eigenvalue weighted by Crippen LogP contribution is -2.40. The summed E-state index contributed by atoms with van der Waals surface area (Å²) in [7, 11) is 0. The van der Waals surface area contributed by atoms with Crippen LogP contribution < -0.4 is 10.6 Å². The number of nitrogens with one attached hydrogen (secondary N) is 2. The van der Waals surface area contributed by atoms with Gasteiger partial charge in [-0.1, -0.05) is 57.0 Å². The van der Waals surface area contributed by atoms with Crippen LogP contribution in [0.5, 0.6) is 0 Å². The van der Waals surface area contributed by atoms with E-state index in [1.807, 2.05) is 18.2 Å². The van der Waals surface area contributed by atoms with E-state index < -0.39 is 0 Å². The summed E-state index contributed by atoms with van der Waals surface area (Å²) >= 11 is 0. The van der Waals surface area contributed by atoms with Gasteiger partial charge in [0.05, 0.1) is 13.1 Å². The molecular weight excluding hydrogens is 236 g/mol. The van der Waals surface area contributed by atoms with Gasteiger partial charge in [0.15, 0.2) is 0 Å². The molecule has 3 heteroatoms. The maximum atomic E-state index is 11.6. The number of hydrogen-bond donors (Lipinski definition) is 2. The number of carbonyl (C=O) groups excluding carboxylic acids is 1. The second-order valence-electron chi connectivity index (χ2n) is 5.57. The molecule has 1 aromatic carbocycles. The number of hydrogen-bond acceptors (Lipinski definition) is 2. The van der Waals surface area contributed by atoms with E-state index in [-0.39, 0.29) is 30.5 Å². The van der Waals surface area contributed by atoms with Crippen molar-refractivity contribution in [1.29, 1.82) is 0 Å². The van der Waals surface area contributed by atoms with Gasteiger partial charge in [-0.25, -0.2) is 0 Å². The molecule has 1 aromatic rings. The molecule has 1 amide bonds. The SMILES string of the molecule is C#CCNC(=O)CN[C@@H](c1ccccc1)C(C)(C)C. The Kier molecular flexibility index (Phi) is 5.59. The third kappa shape index (κ3) is 5.15. The molecule has 0 heterocycles.